The number of rotatable bonds is 5. The van der Waals surface area contributed by atoms with Crippen LogP contribution in [-0.2, 0) is 4.79 Å². The van der Waals surface area contributed by atoms with Gasteiger partial charge in [-0.3, -0.25) is 4.79 Å². The molecule has 1 aromatic carbocycles. The van der Waals surface area contributed by atoms with Crippen LogP contribution in [0.5, 0.6) is 0 Å². The fraction of sp³-hybridized carbons (Fsp3) is 0.562. The molecule has 20 heavy (non-hydrogen) atoms. The van der Waals surface area contributed by atoms with Crippen LogP contribution in [0.1, 0.15) is 50.6 Å². The Labute approximate surface area is 128 Å². The van der Waals surface area contributed by atoms with Crippen molar-refractivity contribution in [1.82, 2.24) is 5.32 Å². The third kappa shape index (κ3) is 4.06. The third-order valence-electron chi connectivity index (χ3n) is 4.17. The minimum atomic E-state index is -0.637. The van der Waals surface area contributed by atoms with Crippen molar-refractivity contribution in [3.63, 3.8) is 0 Å². The monoisotopic (exact) mass is 339 g/mol. The van der Waals surface area contributed by atoms with Crippen LogP contribution in [0.25, 0.3) is 0 Å². The lowest BCUT2D eigenvalue weighted by molar-refractivity contribution is -0.142. The first-order chi connectivity index (χ1) is 9.60. The molecule has 1 atom stereocenters. The summed E-state index contributed by atoms with van der Waals surface area (Å²) in [4.78, 5) is 11.0. The quantitative estimate of drug-likeness (QED) is 0.847. The summed E-state index contributed by atoms with van der Waals surface area (Å²) in [6.07, 6.45) is 4.54. The largest absolute Gasteiger partial charge is 0.481 e. The SMILES string of the molecule is CCC(NC1CCC(C(=O)O)CC1)c1cccc(Br)c1. The van der Waals surface area contributed by atoms with Crippen molar-refractivity contribution in [3.05, 3.63) is 34.3 Å². The highest BCUT2D eigenvalue weighted by atomic mass is 79.9. The van der Waals surface area contributed by atoms with Crippen LogP contribution in [-0.4, -0.2) is 17.1 Å². The Morgan fingerprint density at radius 2 is 2.10 bits per heavy atom. The highest BCUT2D eigenvalue weighted by Gasteiger charge is 2.27. The molecule has 4 heteroatoms. The Hall–Kier alpha value is -0.870. The van der Waals surface area contributed by atoms with Gasteiger partial charge < -0.3 is 10.4 Å². The third-order valence-corrected chi connectivity index (χ3v) is 4.67. The van der Waals surface area contributed by atoms with Crippen molar-refractivity contribution in [2.24, 2.45) is 5.92 Å². The topological polar surface area (TPSA) is 49.3 Å². The fourth-order valence-corrected chi connectivity index (χ4v) is 3.38. The van der Waals surface area contributed by atoms with Crippen LogP contribution < -0.4 is 5.32 Å². The van der Waals surface area contributed by atoms with Gasteiger partial charge in [-0.15, -0.1) is 0 Å². The normalized spacial score (nSPS) is 24.3. The zero-order chi connectivity index (χ0) is 14.5. The van der Waals surface area contributed by atoms with E-state index in [-0.39, 0.29) is 5.92 Å². The molecule has 1 fully saturated rings. The van der Waals surface area contributed by atoms with Gasteiger partial charge in [0.2, 0.25) is 0 Å². The highest BCUT2D eigenvalue weighted by molar-refractivity contribution is 9.10. The van der Waals surface area contributed by atoms with E-state index in [1.165, 1.54) is 5.56 Å². The standard InChI is InChI=1S/C16H22BrNO2/c1-2-15(12-4-3-5-13(17)10-12)18-14-8-6-11(7-9-14)16(19)20/h3-5,10-11,14-15,18H,2,6-9H2,1H3,(H,19,20). The Balaban J connectivity index is 1.93. The first kappa shape index (κ1) is 15.5. The van der Waals surface area contributed by atoms with Gasteiger partial charge in [0.15, 0.2) is 0 Å². The maximum absolute atomic E-state index is 11.0. The second kappa shape index (κ2) is 7.23. The first-order valence-corrected chi connectivity index (χ1v) is 8.13. The molecule has 0 bridgehead atoms. The van der Waals surface area contributed by atoms with E-state index < -0.39 is 5.97 Å². The lowest BCUT2D eigenvalue weighted by Gasteiger charge is -2.30. The molecule has 0 amide bonds. The number of carboxylic acid groups (broad SMARTS) is 1. The first-order valence-electron chi connectivity index (χ1n) is 7.34. The molecular formula is C16H22BrNO2. The zero-order valence-electron chi connectivity index (χ0n) is 11.8. The maximum Gasteiger partial charge on any atom is 0.306 e. The van der Waals surface area contributed by atoms with Crippen molar-refractivity contribution >= 4 is 21.9 Å². The van der Waals surface area contributed by atoms with Crippen LogP contribution in [0, 0.1) is 5.92 Å². The molecule has 110 valence electrons. The van der Waals surface area contributed by atoms with Crippen LogP contribution in [0.3, 0.4) is 0 Å². The summed E-state index contributed by atoms with van der Waals surface area (Å²) >= 11 is 3.52. The van der Waals surface area contributed by atoms with Gasteiger partial charge in [0, 0.05) is 16.6 Å². The molecule has 2 N–H and O–H groups in total. The van der Waals surface area contributed by atoms with Crippen molar-refractivity contribution in [2.45, 2.75) is 51.1 Å². The second-order valence-electron chi connectivity index (χ2n) is 5.57. The van der Waals surface area contributed by atoms with Crippen molar-refractivity contribution in [3.8, 4) is 0 Å². The van der Waals surface area contributed by atoms with E-state index in [9.17, 15) is 4.79 Å². The predicted octanol–water partition coefficient (Wildman–Crippen LogP) is 4.13. The zero-order valence-corrected chi connectivity index (χ0v) is 13.4. The van der Waals surface area contributed by atoms with Crippen LogP contribution in [0.15, 0.2) is 28.7 Å². The van der Waals surface area contributed by atoms with Crippen LogP contribution in [0.2, 0.25) is 0 Å². The van der Waals surface area contributed by atoms with Gasteiger partial charge in [0.05, 0.1) is 5.92 Å². The lowest BCUT2D eigenvalue weighted by Crippen LogP contribution is -2.37. The van der Waals surface area contributed by atoms with Gasteiger partial charge in [-0.25, -0.2) is 0 Å². The van der Waals surface area contributed by atoms with Crippen LogP contribution >= 0.6 is 15.9 Å². The van der Waals surface area contributed by atoms with E-state index in [1.807, 2.05) is 6.07 Å². The van der Waals surface area contributed by atoms with Crippen LogP contribution in [0.4, 0.5) is 0 Å². The van der Waals surface area contributed by atoms with E-state index in [1.54, 1.807) is 0 Å². The van der Waals surface area contributed by atoms with Gasteiger partial charge >= 0.3 is 5.97 Å². The molecule has 3 nitrogen and oxygen atoms in total. The minimum Gasteiger partial charge on any atom is -0.481 e. The van der Waals surface area contributed by atoms with E-state index >= 15 is 0 Å². The number of hydrogen-bond acceptors (Lipinski definition) is 2. The molecular weight excluding hydrogens is 318 g/mol. The van der Waals surface area contributed by atoms with E-state index in [4.69, 9.17) is 5.11 Å². The molecule has 0 saturated heterocycles. The second-order valence-corrected chi connectivity index (χ2v) is 6.48. The molecule has 0 radical (unpaired) electrons. The number of benzene rings is 1. The summed E-state index contributed by atoms with van der Waals surface area (Å²) in [6.45, 7) is 2.18. The average Bonchev–Trinajstić information content (AvgIpc) is 2.45. The molecule has 0 heterocycles. The summed E-state index contributed by atoms with van der Waals surface area (Å²) in [6, 6.07) is 9.19. The minimum absolute atomic E-state index is 0.140. The molecule has 1 aromatic rings. The molecule has 0 aliphatic heterocycles. The number of halogens is 1. The van der Waals surface area contributed by atoms with E-state index in [2.05, 4.69) is 46.4 Å². The lowest BCUT2D eigenvalue weighted by atomic mass is 9.85. The predicted molar refractivity (Wildman–Crippen MR) is 83.7 cm³/mol. The Morgan fingerprint density at radius 3 is 2.65 bits per heavy atom. The molecule has 0 spiro atoms. The number of nitrogens with one attached hydrogen (secondary N) is 1. The van der Waals surface area contributed by atoms with Gasteiger partial charge in [0.1, 0.15) is 0 Å². The summed E-state index contributed by atoms with van der Waals surface area (Å²) in [5.41, 5.74) is 1.29. The number of carbonyl (C=O) groups is 1. The molecule has 1 aliphatic carbocycles. The van der Waals surface area contributed by atoms with Gasteiger partial charge in [-0.1, -0.05) is 35.0 Å². The van der Waals surface area contributed by atoms with Gasteiger partial charge in [-0.05, 0) is 49.8 Å². The van der Waals surface area contributed by atoms with Gasteiger partial charge in [-0.2, -0.15) is 0 Å². The number of hydrogen-bond donors (Lipinski definition) is 2. The van der Waals surface area contributed by atoms with Crippen molar-refractivity contribution in [2.75, 3.05) is 0 Å². The molecule has 2 rings (SSSR count). The smallest absolute Gasteiger partial charge is 0.306 e. The summed E-state index contributed by atoms with van der Waals surface area (Å²) in [5, 5.41) is 12.7. The fourth-order valence-electron chi connectivity index (χ4n) is 2.96. The van der Waals surface area contributed by atoms with E-state index in [0.29, 0.717) is 12.1 Å². The maximum atomic E-state index is 11.0. The number of carboxylic acids is 1. The summed E-state index contributed by atoms with van der Waals surface area (Å²) < 4.78 is 1.10. The molecule has 0 aromatic heterocycles. The summed E-state index contributed by atoms with van der Waals surface area (Å²) in [7, 11) is 0. The Kier molecular flexibility index (Phi) is 5.61. The van der Waals surface area contributed by atoms with Crippen molar-refractivity contribution in [1.29, 1.82) is 0 Å². The molecule has 1 saturated carbocycles. The number of aliphatic carboxylic acids is 1. The summed E-state index contributed by atoms with van der Waals surface area (Å²) in [5.74, 6) is -0.776. The average molecular weight is 340 g/mol. The Morgan fingerprint density at radius 1 is 1.40 bits per heavy atom. The highest BCUT2D eigenvalue weighted by Crippen LogP contribution is 2.28. The molecule has 1 unspecified atom stereocenters. The molecule has 1 aliphatic rings. The van der Waals surface area contributed by atoms with Crippen molar-refractivity contribution < 1.29 is 9.90 Å². The van der Waals surface area contributed by atoms with E-state index in [0.717, 1.165) is 36.6 Å². The Bertz CT molecular complexity index is 456. The van der Waals surface area contributed by atoms with Gasteiger partial charge in [0.25, 0.3) is 0 Å².